The van der Waals surface area contributed by atoms with Crippen molar-refractivity contribution < 1.29 is 9.59 Å². The predicted octanol–water partition coefficient (Wildman–Crippen LogP) is 2.97. The highest BCUT2D eigenvalue weighted by Gasteiger charge is 2.29. The lowest BCUT2D eigenvalue weighted by Gasteiger charge is -2.32. The van der Waals surface area contributed by atoms with Crippen LogP contribution in [0.5, 0.6) is 0 Å². The molecule has 5 nitrogen and oxygen atoms in total. The third-order valence-electron chi connectivity index (χ3n) is 5.27. The van der Waals surface area contributed by atoms with E-state index in [9.17, 15) is 9.59 Å². The summed E-state index contributed by atoms with van der Waals surface area (Å²) in [5, 5.41) is 2.97. The van der Waals surface area contributed by atoms with Crippen LogP contribution in [0.25, 0.3) is 0 Å². The molecular weight excluding hydrogens is 350 g/mol. The van der Waals surface area contributed by atoms with E-state index in [1.807, 2.05) is 56.3 Å². The molecule has 0 radical (unpaired) electrons. The summed E-state index contributed by atoms with van der Waals surface area (Å²) in [5.74, 6) is -0.207. The monoisotopic (exact) mass is 379 g/mol. The van der Waals surface area contributed by atoms with Crippen LogP contribution in [0, 0.1) is 19.8 Å². The summed E-state index contributed by atoms with van der Waals surface area (Å²) in [4.78, 5) is 27.3. The normalized spacial score (nSPS) is 17.8. The molecule has 2 amide bonds. The predicted molar refractivity (Wildman–Crippen MR) is 111 cm³/mol. The number of carbonyl (C=O) groups is 2. The van der Waals surface area contributed by atoms with Crippen LogP contribution in [0.1, 0.15) is 45.9 Å². The van der Waals surface area contributed by atoms with Crippen molar-refractivity contribution in [3.8, 4) is 0 Å². The topological polar surface area (TPSA) is 75.4 Å². The number of aryl methyl sites for hydroxylation is 2. The number of hydrogen-bond donors (Lipinski definition) is 2. The quantitative estimate of drug-likeness (QED) is 0.839. The molecule has 0 spiro atoms. The second-order valence-corrected chi connectivity index (χ2v) is 7.73. The van der Waals surface area contributed by atoms with Crippen molar-refractivity contribution in [2.24, 2.45) is 11.7 Å². The lowest BCUT2D eigenvalue weighted by atomic mass is 9.96. The van der Waals surface area contributed by atoms with E-state index in [1.54, 1.807) is 4.90 Å². The second kappa shape index (κ2) is 9.02. The van der Waals surface area contributed by atoms with Gasteiger partial charge in [-0.2, -0.15) is 0 Å². The van der Waals surface area contributed by atoms with Gasteiger partial charge in [0, 0.05) is 31.2 Å². The largest absolute Gasteiger partial charge is 0.354 e. The van der Waals surface area contributed by atoms with Crippen molar-refractivity contribution in [3.05, 3.63) is 70.8 Å². The van der Waals surface area contributed by atoms with Crippen LogP contribution >= 0.6 is 0 Å². The van der Waals surface area contributed by atoms with Gasteiger partial charge in [0.25, 0.3) is 5.91 Å². The molecule has 1 saturated heterocycles. The Morgan fingerprint density at radius 3 is 2.50 bits per heavy atom. The van der Waals surface area contributed by atoms with Crippen LogP contribution < -0.4 is 11.1 Å². The number of rotatable bonds is 5. The molecule has 5 heteroatoms. The minimum Gasteiger partial charge on any atom is -0.354 e. The fourth-order valence-electron chi connectivity index (χ4n) is 3.83. The van der Waals surface area contributed by atoms with Crippen LogP contribution in [-0.2, 0) is 4.79 Å². The Balaban J connectivity index is 1.58. The maximum atomic E-state index is 12.9. The maximum Gasteiger partial charge on any atom is 0.253 e. The van der Waals surface area contributed by atoms with Crippen molar-refractivity contribution in [1.82, 2.24) is 10.2 Å². The molecule has 148 valence electrons. The molecule has 1 aliphatic rings. The van der Waals surface area contributed by atoms with Crippen molar-refractivity contribution in [2.75, 3.05) is 19.6 Å². The molecule has 1 fully saturated rings. The summed E-state index contributed by atoms with van der Waals surface area (Å²) < 4.78 is 0. The minimum atomic E-state index is -0.234. The molecule has 2 unspecified atom stereocenters. The first kappa shape index (κ1) is 20.1. The van der Waals surface area contributed by atoms with E-state index in [-0.39, 0.29) is 23.8 Å². The number of piperidine rings is 1. The molecule has 2 aromatic rings. The molecule has 3 N–H and O–H groups in total. The molecule has 1 aliphatic heterocycles. The number of nitrogens with two attached hydrogens (primary N) is 1. The van der Waals surface area contributed by atoms with E-state index in [0.717, 1.165) is 29.5 Å². The van der Waals surface area contributed by atoms with E-state index < -0.39 is 0 Å². The van der Waals surface area contributed by atoms with Gasteiger partial charge in [-0.25, -0.2) is 0 Å². The van der Waals surface area contributed by atoms with Gasteiger partial charge in [-0.1, -0.05) is 47.5 Å². The van der Waals surface area contributed by atoms with Gasteiger partial charge in [-0.15, -0.1) is 0 Å². The van der Waals surface area contributed by atoms with Gasteiger partial charge in [-0.3, -0.25) is 9.59 Å². The summed E-state index contributed by atoms with van der Waals surface area (Å²) in [6.45, 7) is 5.53. The third-order valence-corrected chi connectivity index (χ3v) is 5.27. The number of carbonyl (C=O) groups excluding carboxylic acids is 2. The van der Waals surface area contributed by atoms with Gasteiger partial charge < -0.3 is 16.0 Å². The number of benzene rings is 2. The van der Waals surface area contributed by atoms with Gasteiger partial charge in [0.1, 0.15) is 0 Å². The molecular formula is C23H29N3O2. The summed E-state index contributed by atoms with van der Waals surface area (Å²) in [6.07, 6.45) is 1.63. The molecule has 3 rings (SSSR count). The van der Waals surface area contributed by atoms with E-state index in [0.29, 0.717) is 25.2 Å². The Morgan fingerprint density at radius 1 is 1.14 bits per heavy atom. The smallest absolute Gasteiger partial charge is 0.253 e. The maximum absolute atomic E-state index is 12.9. The van der Waals surface area contributed by atoms with Crippen molar-refractivity contribution in [1.29, 1.82) is 0 Å². The number of hydrogen-bond acceptors (Lipinski definition) is 3. The minimum absolute atomic E-state index is 0.00490. The van der Waals surface area contributed by atoms with Crippen LogP contribution in [0.4, 0.5) is 0 Å². The average Bonchev–Trinajstić information content (AvgIpc) is 2.71. The lowest BCUT2D eigenvalue weighted by Crippen LogP contribution is -2.46. The lowest BCUT2D eigenvalue weighted by molar-refractivity contribution is -0.126. The Bertz CT molecular complexity index is 815. The van der Waals surface area contributed by atoms with Crippen LogP contribution in [0.2, 0.25) is 0 Å². The molecule has 0 aromatic heterocycles. The van der Waals surface area contributed by atoms with Crippen LogP contribution in [0.15, 0.2) is 48.5 Å². The summed E-state index contributed by atoms with van der Waals surface area (Å²) in [5.41, 5.74) is 10.0. The van der Waals surface area contributed by atoms with Crippen LogP contribution in [0.3, 0.4) is 0 Å². The van der Waals surface area contributed by atoms with Crippen LogP contribution in [-0.4, -0.2) is 36.3 Å². The third kappa shape index (κ3) is 4.98. The zero-order valence-corrected chi connectivity index (χ0v) is 16.7. The number of likely N-dealkylation sites (tertiary alicyclic amines) is 1. The zero-order chi connectivity index (χ0) is 20.1. The second-order valence-electron chi connectivity index (χ2n) is 7.73. The highest BCUT2D eigenvalue weighted by atomic mass is 16.2. The first-order valence-corrected chi connectivity index (χ1v) is 9.90. The molecule has 28 heavy (non-hydrogen) atoms. The number of nitrogens with zero attached hydrogens (tertiary/aromatic N) is 1. The Labute approximate surface area is 166 Å². The van der Waals surface area contributed by atoms with Gasteiger partial charge in [-0.05, 0) is 44.4 Å². The van der Waals surface area contributed by atoms with E-state index in [2.05, 4.69) is 11.4 Å². The van der Waals surface area contributed by atoms with E-state index in [1.165, 1.54) is 0 Å². The highest BCUT2D eigenvalue weighted by Crippen LogP contribution is 2.20. The molecule has 2 atom stereocenters. The number of amides is 2. The molecule has 0 saturated carbocycles. The van der Waals surface area contributed by atoms with Gasteiger partial charge >= 0.3 is 0 Å². The molecule has 1 heterocycles. The zero-order valence-electron chi connectivity index (χ0n) is 16.7. The fourth-order valence-corrected chi connectivity index (χ4v) is 3.83. The Kier molecular flexibility index (Phi) is 6.47. The van der Waals surface area contributed by atoms with E-state index >= 15 is 0 Å². The number of nitrogens with one attached hydrogen (secondary N) is 1. The average molecular weight is 380 g/mol. The standard InChI is InChI=1S/C23H29N3O2/c1-16-11-17(2)13-20(12-16)23(28)26-10-6-9-19(15-26)22(27)25-14-21(24)18-7-4-3-5-8-18/h3-5,7-8,11-13,19,21H,6,9-10,14-15,24H2,1-2H3,(H,25,27). The Morgan fingerprint density at radius 2 is 1.82 bits per heavy atom. The summed E-state index contributed by atoms with van der Waals surface area (Å²) >= 11 is 0. The first-order chi connectivity index (χ1) is 13.4. The SMILES string of the molecule is Cc1cc(C)cc(C(=O)N2CCCC(C(=O)NCC(N)c3ccccc3)C2)c1. The Hall–Kier alpha value is -2.66. The highest BCUT2D eigenvalue weighted by molar-refractivity contribution is 5.95. The van der Waals surface area contributed by atoms with E-state index in [4.69, 9.17) is 5.73 Å². The molecule has 2 aromatic carbocycles. The van der Waals surface area contributed by atoms with Gasteiger partial charge in [0.15, 0.2) is 0 Å². The van der Waals surface area contributed by atoms with Crippen molar-refractivity contribution in [3.63, 3.8) is 0 Å². The van der Waals surface area contributed by atoms with Crippen molar-refractivity contribution >= 4 is 11.8 Å². The molecule has 0 bridgehead atoms. The first-order valence-electron chi connectivity index (χ1n) is 9.90. The fraction of sp³-hybridized carbons (Fsp3) is 0.391. The molecule has 0 aliphatic carbocycles. The van der Waals surface area contributed by atoms with Gasteiger partial charge in [0.05, 0.1) is 5.92 Å². The van der Waals surface area contributed by atoms with Crippen molar-refractivity contribution in [2.45, 2.75) is 32.7 Å². The summed E-state index contributed by atoms with van der Waals surface area (Å²) in [6, 6.07) is 15.4. The van der Waals surface area contributed by atoms with Gasteiger partial charge in [0.2, 0.25) is 5.91 Å². The summed E-state index contributed by atoms with van der Waals surface area (Å²) in [7, 11) is 0.